The van der Waals surface area contributed by atoms with Crippen molar-refractivity contribution in [3.63, 3.8) is 0 Å². The van der Waals surface area contributed by atoms with Crippen molar-refractivity contribution in [2.24, 2.45) is 10.7 Å². The van der Waals surface area contributed by atoms with E-state index in [0.29, 0.717) is 19.1 Å². The van der Waals surface area contributed by atoms with Crippen molar-refractivity contribution in [1.82, 2.24) is 20.2 Å². The fourth-order valence-electron chi connectivity index (χ4n) is 3.65. The predicted octanol–water partition coefficient (Wildman–Crippen LogP) is 1.03. The Kier molecular flexibility index (Phi) is 5.86. The minimum atomic E-state index is 0.156. The molecule has 1 aromatic carbocycles. The molecule has 1 unspecified atom stereocenters. The number of ether oxygens (including phenoxy) is 1. The number of hydrogen-bond acceptors (Lipinski definition) is 6. The number of aliphatic imine (C=N–C) groups is 1. The van der Waals surface area contributed by atoms with Crippen LogP contribution in [0.2, 0.25) is 0 Å². The quantitative estimate of drug-likeness (QED) is 0.590. The van der Waals surface area contributed by atoms with Gasteiger partial charge in [0.2, 0.25) is 5.95 Å². The summed E-state index contributed by atoms with van der Waals surface area (Å²) in [4.78, 5) is 17.8. The van der Waals surface area contributed by atoms with Crippen LogP contribution in [0.3, 0.4) is 0 Å². The summed E-state index contributed by atoms with van der Waals surface area (Å²) in [5.41, 5.74) is 7.27. The normalized spacial score (nSPS) is 20.4. The van der Waals surface area contributed by atoms with E-state index in [9.17, 15) is 0 Å². The first-order valence-corrected chi connectivity index (χ1v) is 9.82. The molecule has 1 fully saturated rings. The second kappa shape index (κ2) is 8.88. The Labute approximate surface area is 165 Å². The molecule has 0 bridgehead atoms. The third-order valence-corrected chi connectivity index (χ3v) is 5.19. The number of nitrogens with one attached hydrogen (secondary N) is 1. The molecule has 28 heavy (non-hydrogen) atoms. The Morgan fingerprint density at radius 1 is 1.14 bits per heavy atom. The summed E-state index contributed by atoms with van der Waals surface area (Å²) in [5.74, 6) is 2.24. The van der Waals surface area contributed by atoms with Crippen molar-refractivity contribution in [2.75, 3.05) is 50.8 Å². The van der Waals surface area contributed by atoms with Crippen molar-refractivity contribution < 1.29 is 4.74 Å². The summed E-state index contributed by atoms with van der Waals surface area (Å²) in [6, 6.07) is 10.1. The van der Waals surface area contributed by atoms with Crippen molar-refractivity contribution in [2.45, 2.75) is 12.5 Å². The largest absolute Gasteiger partial charge is 0.493 e. The second-order valence-electron chi connectivity index (χ2n) is 7.02. The Morgan fingerprint density at radius 3 is 2.75 bits per heavy atom. The highest BCUT2D eigenvalue weighted by Crippen LogP contribution is 2.31. The van der Waals surface area contributed by atoms with Crippen LogP contribution in [0.4, 0.5) is 5.95 Å². The lowest BCUT2D eigenvalue weighted by Crippen LogP contribution is -2.47. The zero-order valence-electron chi connectivity index (χ0n) is 16.0. The first kappa shape index (κ1) is 18.5. The molecular weight excluding hydrogens is 354 g/mol. The van der Waals surface area contributed by atoms with Gasteiger partial charge < -0.3 is 20.7 Å². The fourth-order valence-corrected chi connectivity index (χ4v) is 3.65. The molecule has 2 aliphatic heterocycles. The number of anilines is 1. The number of benzene rings is 1. The van der Waals surface area contributed by atoms with E-state index in [0.717, 1.165) is 56.4 Å². The highest BCUT2D eigenvalue weighted by molar-refractivity contribution is 5.78. The topological polar surface area (TPSA) is 91.9 Å². The van der Waals surface area contributed by atoms with E-state index in [-0.39, 0.29) is 6.04 Å². The number of rotatable bonds is 5. The van der Waals surface area contributed by atoms with Crippen LogP contribution in [-0.2, 0) is 0 Å². The number of guanidine groups is 1. The van der Waals surface area contributed by atoms with Gasteiger partial charge in [-0.3, -0.25) is 9.89 Å². The lowest BCUT2D eigenvalue weighted by atomic mass is 10.0. The number of aromatic nitrogens is 2. The predicted molar refractivity (Wildman–Crippen MR) is 110 cm³/mol. The highest BCUT2D eigenvalue weighted by atomic mass is 16.5. The maximum absolute atomic E-state index is 6.13. The van der Waals surface area contributed by atoms with Crippen molar-refractivity contribution in [1.29, 1.82) is 0 Å². The molecule has 0 aliphatic carbocycles. The first-order valence-electron chi connectivity index (χ1n) is 9.82. The van der Waals surface area contributed by atoms with Crippen LogP contribution in [0.1, 0.15) is 18.0 Å². The van der Waals surface area contributed by atoms with Gasteiger partial charge in [0.25, 0.3) is 0 Å². The number of para-hydroxylation sites is 1. The van der Waals surface area contributed by atoms with Crippen LogP contribution < -0.4 is 20.7 Å². The maximum Gasteiger partial charge on any atom is 0.225 e. The molecule has 3 heterocycles. The molecule has 2 aromatic rings. The molecule has 0 amide bonds. The third kappa shape index (κ3) is 4.51. The van der Waals surface area contributed by atoms with Gasteiger partial charge in [0.15, 0.2) is 5.96 Å². The second-order valence-corrected chi connectivity index (χ2v) is 7.02. The van der Waals surface area contributed by atoms with Gasteiger partial charge in [0.1, 0.15) is 5.75 Å². The molecule has 1 saturated heterocycles. The molecule has 3 N–H and O–H groups in total. The van der Waals surface area contributed by atoms with Gasteiger partial charge in [-0.2, -0.15) is 0 Å². The fraction of sp³-hybridized carbons (Fsp3) is 0.450. The molecular formula is C20H27N7O. The third-order valence-electron chi connectivity index (χ3n) is 5.19. The molecule has 0 saturated carbocycles. The summed E-state index contributed by atoms with van der Waals surface area (Å²) in [7, 11) is 0. The molecule has 0 radical (unpaired) electrons. The van der Waals surface area contributed by atoms with Gasteiger partial charge in [0.05, 0.1) is 19.2 Å². The number of fused-ring (bicyclic) bond motifs is 1. The number of piperazine rings is 1. The average Bonchev–Trinajstić information content (AvgIpc) is 2.75. The number of nitrogens with two attached hydrogens (primary N) is 1. The van der Waals surface area contributed by atoms with Crippen LogP contribution in [0.25, 0.3) is 0 Å². The standard InChI is InChI=1S/C20H27N7O/c21-19(25-17-6-15-28-18-5-2-1-4-16(17)18)22-9-10-26-11-13-27(14-12-26)20-23-7-3-8-24-20/h1-5,7-8,17H,6,9-15H2,(H3,21,22,25). The SMILES string of the molecule is NC(=NCCN1CCN(c2ncccn2)CC1)NC1CCOc2ccccc21. The molecule has 2 aliphatic rings. The molecule has 1 aromatic heterocycles. The Balaban J connectivity index is 1.22. The van der Waals surface area contributed by atoms with E-state index in [4.69, 9.17) is 10.5 Å². The van der Waals surface area contributed by atoms with Crippen LogP contribution in [0.15, 0.2) is 47.7 Å². The molecule has 0 spiro atoms. The van der Waals surface area contributed by atoms with Gasteiger partial charge >= 0.3 is 0 Å². The zero-order chi connectivity index (χ0) is 19.2. The smallest absolute Gasteiger partial charge is 0.225 e. The molecule has 4 rings (SSSR count). The summed E-state index contributed by atoms with van der Waals surface area (Å²) in [5, 5.41) is 3.35. The van der Waals surface area contributed by atoms with E-state index in [1.807, 2.05) is 24.3 Å². The molecule has 1 atom stereocenters. The number of hydrogen-bond donors (Lipinski definition) is 2. The molecule has 8 nitrogen and oxygen atoms in total. The van der Waals surface area contributed by atoms with Crippen LogP contribution >= 0.6 is 0 Å². The van der Waals surface area contributed by atoms with Crippen LogP contribution in [0, 0.1) is 0 Å². The van der Waals surface area contributed by atoms with Gasteiger partial charge in [-0.1, -0.05) is 18.2 Å². The lowest BCUT2D eigenvalue weighted by molar-refractivity contribution is 0.260. The lowest BCUT2D eigenvalue weighted by Gasteiger charge is -2.34. The zero-order valence-corrected chi connectivity index (χ0v) is 16.0. The molecule has 148 valence electrons. The summed E-state index contributed by atoms with van der Waals surface area (Å²) < 4.78 is 5.70. The van der Waals surface area contributed by atoms with Crippen LogP contribution in [-0.4, -0.2) is 66.7 Å². The summed E-state index contributed by atoms with van der Waals surface area (Å²) in [6.07, 6.45) is 4.46. The van der Waals surface area contributed by atoms with Crippen molar-refractivity contribution in [3.8, 4) is 5.75 Å². The van der Waals surface area contributed by atoms with E-state index < -0.39 is 0 Å². The van der Waals surface area contributed by atoms with E-state index in [1.54, 1.807) is 12.4 Å². The van der Waals surface area contributed by atoms with Gasteiger partial charge in [0, 0.05) is 57.1 Å². The minimum Gasteiger partial charge on any atom is -0.493 e. The van der Waals surface area contributed by atoms with Crippen molar-refractivity contribution in [3.05, 3.63) is 48.3 Å². The van der Waals surface area contributed by atoms with Gasteiger partial charge in [-0.15, -0.1) is 0 Å². The highest BCUT2D eigenvalue weighted by Gasteiger charge is 2.21. The minimum absolute atomic E-state index is 0.156. The van der Waals surface area contributed by atoms with Crippen molar-refractivity contribution >= 4 is 11.9 Å². The summed E-state index contributed by atoms with van der Waals surface area (Å²) >= 11 is 0. The first-order chi connectivity index (χ1) is 13.8. The number of nitrogens with zero attached hydrogens (tertiary/aromatic N) is 5. The Bertz CT molecular complexity index is 790. The van der Waals surface area contributed by atoms with Gasteiger partial charge in [-0.05, 0) is 12.1 Å². The van der Waals surface area contributed by atoms with E-state index in [2.05, 4.69) is 36.1 Å². The average molecular weight is 381 g/mol. The Hall–Kier alpha value is -2.87. The van der Waals surface area contributed by atoms with Gasteiger partial charge in [-0.25, -0.2) is 9.97 Å². The van der Waals surface area contributed by atoms with E-state index in [1.165, 1.54) is 0 Å². The van der Waals surface area contributed by atoms with E-state index >= 15 is 0 Å². The molecule has 8 heteroatoms. The maximum atomic E-state index is 6.13. The van der Waals surface area contributed by atoms with Crippen LogP contribution in [0.5, 0.6) is 5.75 Å². The Morgan fingerprint density at radius 2 is 1.93 bits per heavy atom. The summed E-state index contributed by atoms with van der Waals surface area (Å²) in [6.45, 7) is 6.10. The monoisotopic (exact) mass is 381 g/mol.